The lowest BCUT2D eigenvalue weighted by Crippen LogP contribution is -2.62. The summed E-state index contributed by atoms with van der Waals surface area (Å²) in [5.41, 5.74) is 5.48. The first kappa shape index (κ1) is 13.3. The first-order valence-electron chi connectivity index (χ1n) is 4.68. The van der Waals surface area contributed by atoms with Crippen LogP contribution in [0.25, 0.3) is 0 Å². The molecule has 0 bridgehead atoms. The molecule has 0 spiro atoms. The smallest absolute Gasteiger partial charge is 0.329 e. The molecule has 0 aromatic heterocycles. The fourth-order valence-electron chi connectivity index (χ4n) is 1.48. The Kier molecular flexibility index (Phi) is 4.59. The van der Waals surface area contributed by atoms with Gasteiger partial charge >= 0.3 is 5.97 Å². The topological polar surface area (TPSA) is 142 Å². The molecule has 1 rings (SSSR count). The molecule has 6 N–H and O–H groups in total. The fourth-order valence-corrected chi connectivity index (χ4v) is 1.48. The van der Waals surface area contributed by atoms with E-state index in [4.69, 9.17) is 25.4 Å². The molecule has 94 valence electrons. The van der Waals surface area contributed by atoms with Gasteiger partial charge in [0.25, 0.3) is 0 Å². The molecule has 1 unspecified atom stereocenters. The maximum atomic E-state index is 10.3. The van der Waals surface area contributed by atoms with Gasteiger partial charge in [0.2, 0.25) is 0 Å². The maximum absolute atomic E-state index is 10.3. The Labute approximate surface area is 91.2 Å². The van der Waals surface area contributed by atoms with Crippen molar-refractivity contribution in [3.05, 3.63) is 0 Å². The first-order valence-corrected chi connectivity index (χ1v) is 4.68. The van der Waals surface area contributed by atoms with Crippen molar-refractivity contribution in [1.82, 2.24) is 0 Å². The van der Waals surface area contributed by atoms with Crippen LogP contribution >= 0.6 is 0 Å². The highest BCUT2D eigenvalue weighted by Gasteiger charge is 2.43. The van der Waals surface area contributed by atoms with E-state index in [1.54, 1.807) is 0 Å². The van der Waals surface area contributed by atoms with Crippen molar-refractivity contribution < 1.29 is 34.7 Å². The molecular weight excluding hydrogens is 222 g/mol. The Morgan fingerprint density at radius 1 is 1.44 bits per heavy atom. The van der Waals surface area contributed by atoms with Crippen LogP contribution in [0.5, 0.6) is 0 Å². The standard InChI is InChI=1S/C8H15NO7/c9-5-7(15-2-4(11)12)6(13)3(1-10)16-8(5)14/h3,5-8,10,13-14H,1-2,9H2,(H,11,12)/t3-,5-,6-,7-,8?/m1/s1. The molecule has 0 radical (unpaired) electrons. The SMILES string of the molecule is N[C@H]1C(O)O[C@H](CO)[C@@H](O)[C@@H]1OCC(=O)O. The van der Waals surface area contributed by atoms with Crippen LogP contribution in [0.3, 0.4) is 0 Å². The van der Waals surface area contributed by atoms with Gasteiger partial charge in [0.1, 0.15) is 24.9 Å². The minimum absolute atomic E-state index is 0.530. The van der Waals surface area contributed by atoms with Gasteiger partial charge in [0, 0.05) is 0 Å². The Bertz CT molecular complexity index is 249. The van der Waals surface area contributed by atoms with Gasteiger partial charge in [-0.2, -0.15) is 0 Å². The fraction of sp³-hybridized carbons (Fsp3) is 0.875. The van der Waals surface area contributed by atoms with Crippen molar-refractivity contribution in [2.75, 3.05) is 13.2 Å². The highest BCUT2D eigenvalue weighted by molar-refractivity contribution is 5.68. The first-order chi connectivity index (χ1) is 7.47. The molecule has 1 heterocycles. The third kappa shape index (κ3) is 2.88. The van der Waals surface area contributed by atoms with Crippen LogP contribution in [-0.2, 0) is 14.3 Å². The molecule has 1 aliphatic heterocycles. The monoisotopic (exact) mass is 237 g/mol. The number of carbonyl (C=O) groups is 1. The van der Waals surface area contributed by atoms with Gasteiger partial charge in [-0.1, -0.05) is 0 Å². The molecule has 16 heavy (non-hydrogen) atoms. The minimum Gasteiger partial charge on any atom is -0.480 e. The van der Waals surface area contributed by atoms with Crippen molar-refractivity contribution >= 4 is 5.97 Å². The number of aliphatic hydroxyl groups is 3. The van der Waals surface area contributed by atoms with Crippen molar-refractivity contribution in [1.29, 1.82) is 0 Å². The number of ether oxygens (including phenoxy) is 2. The average molecular weight is 237 g/mol. The summed E-state index contributed by atoms with van der Waals surface area (Å²) in [4.78, 5) is 10.3. The van der Waals surface area contributed by atoms with Gasteiger partial charge in [-0.25, -0.2) is 4.79 Å². The van der Waals surface area contributed by atoms with Gasteiger partial charge in [-0.05, 0) is 0 Å². The predicted octanol–water partition coefficient (Wildman–Crippen LogP) is -3.15. The normalized spacial score (nSPS) is 39.6. The zero-order valence-corrected chi connectivity index (χ0v) is 8.39. The summed E-state index contributed by atoms with van der Waals surface area (Å²) in [6.07, 6.45) is -4.85. The molecule has 1 aliphatic rings. The molecular formula is C8H15NO7. The number of carboxylic acids is 1. The lowest BCUT2D eigenvalue weighted by Gasteiger charge is -2.40. The second kappa shape index (κ2) is 5.53. The van der Waals surface area contributed by atoms with Crippen molar-refractivity contribution in [2.45, 2.75) is 30.6 Å². The van der Waals surface area contributed by atoms with E-state index in [1.165, 1.54) is 0 Å². The second-order valence-corrected chi connectivity index (χ2v) is 3.48. The Morgan fingerprint density at radius 3 is 2.56 bits per heavy atom. The van der Waals surface area contributed by atoms with Crippen molar-refractivity contribution in [3.63, 3.8) is 0 Å². The lowest BCUT2D eigenvalue weighted by atomic mass is 9.97. The molecule has 1 saturated heterocycles. The van der Waals surface area contributed by atoms with Crippen LogP contribution in [0.1, 0.15) is 0 Å². The average Bonchev–Trinajstić information content (AvgIpc) is 2.23. The van der Waals surface area contributed by atoms with Crippen LogP contribution in [0, 0.1) is 0 Å². The molecule has 0 saturated carbocycles. The zero-order chi connectivity index (χ0) is 12.3. The lowest BCUT2D eigenvalue weighted by molar-refractivity contribution is -0.257. The quantitative estimate of drug-likeness (QED) is 0.345. The minimum atomic E-state index is -1.42. The summed E-state index contributed by atoms with van der Waals surface area (Å²) in [7, 11) is 0. The van der Waals surface area contributed by atoms with Crippen LogP contribution in [0.15, 0.2) is 0 Å². The van der Waals surface area contributed by atoms with Crippen molar-refractivity contribution in [3.8, 4) is 0 Å². The summed E-state index contributed by atoms with van der Waals surface area (Å²) < 4.78 is 9.65. The van der Waals surface area contributed by atoms with Gasteiger partial charge in [-0.3, -0.25) is 0 Å². The van der Waals surface area contributed by atoms with E-state index in [0.717, 1.165) is 0 Å². The molecule has 8 nitrogen and oxygen atoms in total. The van der Waals surface area contributed by atoms with E-state index < -0.39 is 49.8 Å². The van der Waals surface area contributed by atoms with E-state index in [9.17, 15) is 15.0 Å². The number of rotatable bonds is 4. The van der Waals surface area contributed by atoms with Gasteiger partial charge in [-0.15, -0.1) is 0 Å². The second-order valence-electron chi connectivity index (χ2n) is 3.48. The molecule has 0 amide bonds. The molecule has 1 fully saturated rings. The molecule has 0 aliphatic carbocycles. The van der Waals surface area contributed by atoms with E-state index >= 15 is 0 Å². The van der Waals surface area contributed by atoms with E-state index in [1.807, 2.05) is 0 Å². The van der Waals surface area contributed by atoms with Gasteiger partial charge in [0.15, 0.2) is 6.29 Å². The van der Waals surface area contributed by atoms with Gasteiger partial charge in [0.05, 0.1) is 12.6 Å². The largest absolute Gasteiger partial charge is 0.480 e. The summed E-state index contributed by atoms with van der Waals surface area (Å²) in [6, 6.07) is -1.07. The highest BCUT2D eigenvalue weighted by Crippen LogP contribution is 2.20. The molecule has 5 atom stereocenters. The van der Waals surface area contributed by atoms with Crippen LogP contribution in [-0.4, -0.2) is 70.3 Å². The number of aliphatic carboxylic acids is 1. The zero-order valence-electron chi connectivity index (χ0n) is 8.39. The molecule has 0 aromatic rings. The summed E-state index contributed by atoms with van der Waals surface area (Å²) in [5, 5.41) is 36.2. The van der Waals surface area contributed by atoms with E-state index in [-0.39, 0.29) is 0 Å². The van der Waals surface area contributed by atoms with Crippen LogP contribution in [0.2, 0.25) is 0 Å². The summed E-state index contributed by atoms with van der Waals surface area (Å²) in [5.74, 6) is -1.22. The predicted molar refractivity (Wildman–Crippen MR) is 49.3 cm³/mol. The number of carboxylic acid groups (broad SMARTS) is 1. The molecule has 0 aromatic carbocycles. The number of hydrogen-bond acceptors (Lipinski definition) is 7. The third-order valence-corrected chi connectivity index (χ3v) is 2.32. The van der Waals surface area contributed by atoms with Gasteiger partial charge < -0.3 is 35.6 Å². The van der Waals surface area contributed by atoms with Crippen LogP contribution in [0.4, 0.5) is 0 Å². The Hall–Kier alpha value is -0.770. The number of aliphatic hydroxyl groups excluding tert-OH is 3. The highest BCUT2D eigenvalue weighted by atomic mass is 16.6. The van der Waals surface area contributed by atoms with E-state index in [0.29, 0.717) is 0 Å². The summed E-state index contributed by atoms with van der Waals surface area (Å²) in [6.45, 7) is -1.18. The Balaban J connectivity index is 2.65. The third-order valence-electron chi connectivity index (χ3n) is 2.32. The Morgan fingerprint density at radius 2 is 2.06 bits per heavy atom. The van der Waals surface area contributed by atoms with Crippen LogP contribution < -0.4 is 5.73 Å². The number of hydrogen-bond donors (Lipinski definition) is 5. The van der Waals surface area contributed by atoms with Crippen molar-refractivity contribution in [2.24, 2.45) is 5.73 Å². The maximum Gasteiger partial charge on any atom is 0.329 e. The molecule has 8 heteroatoms. The summed E-state index contributed by atoms with van der Waals surface area (Å²) >= 11 is 0. The number of nitrogens with two attached hydrogens (primary N) is 1. The van der Waals surface area contributed by atoms with E-state index in [2.05, 4.69) is 0 Å².